The second-order valence-electron chi connectivity index (χ2n) is 4.49. The molecule has 2 rings (SSSR count). The number of hydrazone groups is 1. The van der Waals surface area contributed by atoms with Crippen molar-refractivity contribution in [2.24, 2.45) is 5.10 Å². The van der Waals surface area contributed by atoms with Crippen molar-refractivity contribution >= 4 is 29.1 Å². The van der Waals surface area contributed by atoms with E-state index >= 15 is 0 Å². The van der Waals surface area contributed by atoms with Gasteiger partial charge in [0.05, 0.1) is 0 Å². The molecule has 0 saturated carbocycles. The molecule has 1 aliphatic rings. The first kappa shape index (κ1) is 14.7. The topological polar surface area (TPSA) is 99.7 Å². The van der Waals surface area contributed by atoms with Gasteiger partial charge in [-0.1, -0.05) is 6.07 Å². The molecule has 0 spiro atoms. The zero-order chi connectivity index (χ0) is 15.2. The fraction of sp³-hybridized carbons (Fsp3) is 0.286. The molecule has 0 atom stereocenters. The molecule has 0 unspecified atom stereocenters. The zero-order valence-corrected chi connectivity index (χ0v) is 11.6. The summed E-state index contributed by atoms with van der Waals surface area (Å²) in [5.41, 5.74) is 3.50. The van der Waals surface area contributed by atoms with Crippen molar-refractivity contribution in [1.82, 2.24) is 10.7 Å². The third-order valence-electron chi connectivity index (χ3n) is 2.89. The lowest BCUT2D eigenvalue weighted by Crippen LogP contribution is -2.32. The number of hydrogen-bond donors (Lipinski definition) is 3. The van der Waals surface area contributed by atoms with Crippen LogP contribution < -0.4 is 16.1 Å². The van der Waals surface area contributed by atoms with Gasteiger partial charge in [-0.3, -0.25) is 14.4 Å². The van der Waals surface area contributed by atoms with Gasteiger partial charge in [-0.2, -0.15) is 5.10 Å². The summed E-state index contributed by atoms with van der Waals surface area (Å²) in [5.74, 6) is -0.788. The minimum absolute atomic E-state index is 0.198. The van der Waals surface area contributed by atoms with Gasteiger partial charge in [0.15, 0.2) is 0 Å². The van der Waals surface area contributed by atoms with E-state index < -0.39 is 0 Å². The largest absolute Gasteiger partial charge is 0.352 e. The number of carbonyl (C=O) groups is 3. The Bertz CT molecular complexity index is 610. The van der Waals surface area contributed by atoms with E-state index in [1.54, 1.807) is 24.3 Å². The number of benzene rings is 1. The minimum Gasteiger partial charge on any atom is -0.352 e. The molecule has 7 heteroatoms. The van der Waals surface area contributed by atoms with Gasteiger partial charge in [0.1, 0.15) is 5.71 Å². The average Bonchev–Trinajstić information content (AvgIpc) is 2.48. The van der Waals surface area contributed by atoms with Crippen LogP contribution in [0.2, 0.25) is 0 Å². The molecule has 110 valence electrons. The third-order valence-corrected chi connectivity index (χ3v) is 2.89. The predicted molar refractivity (Wildman–Crippen MR) is 77.9 cm³/mol. The van der Waals surface area contributed by atoms with Gasteiger partial charge in [0.25, 0.3) is 11.8 Å². The fourth-order valence-corrected chi connectivity index (χ4v) is 1.84. The third kappa shape index (κ3) is 3.88. The van der Waals surface area contributed by atoms with Crippen molar-refractivity contribution in [3.05, 3.63) is 29.8 Å². The SMILES string of the molecule is CCNC(=O)c1cccc(NC(=O)C2=NNC(=O)CC2)c1. The molecule has 0 fully saturated rings. The van der Waals surface area contributed by atoms with Crippen molar-refractivity contribution < 1.29 is 14.4 Å². The smallest absolute Gasteiger partial charge is 0.271 e. The Morgan fingerprint density at radius 3 is 2.76 bits per heavy atom. The van der Waals surface area contributed by atoms with E-state index in [2.05, 4.69) is 21.2 Å². The summed E-state index contributed by atoms with van der Waals surface area (Å²) in [4.78, 5) is 34.7. The van der Waals surface area contributed by atoms with Crippen molar-refractivity contribution in [2.75, 3.05) is 11.9 Å². The Kier molecular flexibility index (Phi) is 4.65. The van der Waals surface area contributed by atoms with Crippen LogP contribution in [0.4, 0.5) is 5.69 Å². The number of nitrogens with zero attached hydrogens (tertiary/aromatic N) is 1. The van der Waals surface area contributed by atoms with Crippen LogP contribution in [0.1, 0.15) is 30.1 Å². The van der Waals surface area contributed by atoms with Crippen molar-refractivity contribution in [3.63, 3.8) is 0 Å². The Labute approximate surface area is 121 Å². The van der Waals surface area contributed by atoms with E-state index in [4.69, 9.17) is 0 Å². The molecule has 1 heterocycles. The van der Waals surface area contributed by atoms with Gasteiger partial charge >= 0.3 is 0 Å². The summed E-state index contributed by atoms with van der Waals surface area (Å²) in [7, 11) is 0. The van der Waals surface area contributed by atoms with Gasteiger partial charge in [-0.05, 0) is 25.1 Å². The molecule has 0 radical (unpaired) electrons. The van der Waals surface area contributed by atoms with Crippen LogP contribution in [-0.2, 0) is 9.59 Å². The Balaban J connectivity index is 2.06. The first-order valence-corrected chi connectivity index (χ1v) is 6.65. The van der Waals surface area contributed by atoms with E-state index in [-0.39, 0.29) is 29.9 Å². The molecule has 0 aromatic heterocycles. The highest BCUT2D eigenvalue weighted by molar-refractivity contribution is 6.43. The van der Waals surface area contributed by atoms with Crippen LogP contribution in [0.15, 0.2) is 29.4 Å². The van der Waals surface area contributed by atoms with Crippen LogP contribution in [0, 0.1) is 0 Å². The average molecular weight is 288 g/mol. The lowest BCUT2D eigenvalue weighted by molar-refractivity contribution is -0.121. The molecule has 1 aliphatic heterocycles. The first-order chi connectivity index (χ1) is 10.1. The molecule has 0 saturated heterocycles. The van der Waals surface area contributed by atoms with E-state index in [1.807, 2.05) is 6.92 Å². The van der Waals surface area contributed by atoms with Gasteiger partial charge in [0.2, 0.25) is 5.91 Å². The Morgan fingerprint density at radius 1 is 1.29 bits per heavy atom. The number of nitrogens with one attached hydrogen (secondary N) is 3. The van der Waals surface area contributed by atoms with Gasteiger partial charge in [-0.25, -0.2) is 5.43 Å². The number of carbonyl (C=O) groups excluding carboxylic acids is 3. The van der Waals surface area contributed by atoms with Crippen LogP contribution in [0.25, 0.3) is 0 Å². The molecule has 3 amide bonds. The van der Waals surface area contributed by atoms with E-state index in [1.165, 1.54) is 0 Å². The van der Waals surface area contributed by atoms with E-state index in [0.717, 1.165) is 0 Å². The zero-order valence-electron chi connectivity index (χ0n) is 11.6. The van der Waals surface area contributed by atoms with Crippen LogP contribution in [0.3, 0.4) is 0 Å². The summed E-state index contributed by atoms with van der Waals surface area (Å²) in [6, 6.07) is 6.62. The highest BCUT2D eigenvalue weighted by Gasteiger charge is 2.18. The highest BCUT2D eigenvalue weighted by Crippen LogP contribution is 2.12. The van der Waals surface area contributed by atoms with Crippen LogP contribution >= 0.6 is 0 Å². The molecule has 1 aromatic carbocycles. The fourth-order valence-electron chi connectivity index (χ4n) is 1.84. The highest BCUT2D eigenvalue weighted by atomic mass is 16.2. The summed E-state index contributed by atoms with van der Waals surface area (Å²) in [6.07, 6.45) is 0.541. The lowest BCUT2D eigenvalue weighted by Gasteiger charge is -2.12. The van der Waals surface area contributed by atoms with Gasteiger partial charge < -0.3 is 10.6 Å². The van der Waals surface area contributed by atoms with Crippen molar-refractivity contribution in [1.29, 1.82) is 0 Å². The normalized spacial score (nSPS) is 14.0. The van der Waals surface area contributed by atoms with E-state index in [0.29, 0.717) is 24.2 Å². The molecule has 0 bridgehead atoms. The maximum Gasteiger partial charge on any atom is 0.271 e. The maximum absolute atomic E-state index is 12.0. The predicted octanol–water partition coefficient (Wildman–Crippen LogP) is 0.641. The Morgan fingerprint density at radius 2 is 2.10 bits per heavy atom. The summed E-state index contributed by atoms with van der Waals surface area (Å²) in [6.45, 7) is 2.37. The maximum atomic E-state index is 12.0. The molecular formula is C14H16N4O3. The monoisotopic (exact) mass is 288 g/mol. The number of hydrogen-bond acceptors (Lipinski definition) is 4. The quantitative estimate of drug-likeness (QED) is 0.758. The molecule has 7 nitrogen and oxygen atoms in total. The summed E-state index contributed by atoms with van der Waals surface area (Å²) < 4.78 is 0. The molecule has 21 heavy (non-hydrogen) atoms. The standard InChI is InChI=1S/C14H16N4O3/c1-2-15-13(20)9-4-3-5-10(8-9)16-14(21)11-6-7-12(19)18-17-11/h3-5,8H,2,6-7H2,1H3,(H,15,20)(H,16,21)(H,18,19). The number of amides is 3. The molecule has 1 aromatic rings. The summed E-state index contributed by atoms with van der Waals surface area (Å²) in [5, 5.41) is 9.07. The van der Waals surface area contributed by atoms with Crippen molar-refractivity contribution in [2.45, 2.75) is 19.8 Å². The van der Waals surface area contributed by atoms with E-state index in [9.17, 15) is 14.4 Å². The summed E-state index contributed by atoms with van der Waals surface area (Å²) >= 11 is 0. The number of anilines is 1. The Hall–Kier alpha value is -2.70. The minimum atomic E-state index is -0.386. The first-order valence-electron chi connectivity index (χ1n) is 6.65. The van der Waals surface area contributed by atoms with Gasteiger partial charge in [0, 0.05) is 30.6 Å². The molecule has 3 N–H and O–H groups in total. The van der Waals surface area contributed by atoms with Gasteiger partial charge in [-0.15, -0.1) is 0 Å². The molecule has 0 aliphatic carbocycles. The second-order valence-corrected chi connectivity index (χ2v) is 4.49. The molecular weight excluding hydrogens is 272 g/mol. The van der Waals surface area contributed by atoms with Crippen LogP contribution in [-0.4, -0.2) is 30.0 Å². The number of rotatable bonds is 4. The van der Waals surface area contributed by atoms with Crippen LogP contribution in [0.5, 0.6) is 0 Å². The second kappa shape index (κ2) is 6.65. The van der Waals surface area contributed by atoms with Crippen molar-refractivity contribution in [3.8, 4) is 0 Å². The lowest BCUT2D eigenvalue weighted by atomic mass is 10.1.